The van der Waals surface area contributed by atoms with Crippen LogP contribution in [0.1, 0.15) is 39.2 Å². The van der Waals surface area contributed by atoms with E-state index in [0.29, 0.717) is 17.1 Å². The minimum Gasteiger partial charge on any atom is -0.497 e. The average Bonchev–Trinajstić information content (AvgIpc) is 2.61. The molecule has 0 aromatic heterocycles. The minimum atomic E-state index is -3.17. The standard InChI is InChI=1S/C20H28F2N2O6/c1-18(2,3)24(17(27)28)19(10-20(21,22)11-19)15(25)16(26)23-9-12-6-7-13(29-4)8-14(12)30-5/h6-8,15,25H,9-11H2,1-5H3,(H,23,26)(H,27,28)/t15-/m1/s1. The molecule has 0 bridgehead atoms. The van der Waals surface area contributed by atoms with Gasteiger partial charge in [-0.3, -0.25) is 9.69 Å². The second-order valence-corrected chi connectivity index (χ2v) is 8.40. The van der Waals surface area contributed by atoms with E-state index in [4.69, 9.17) is 9.47 Å². The lowest BCUT2D eigenvalue weighted by atomic mass is 9.66. The van der Waals surface area contributed by atoms with E-state index in [9.17, 15) is 28.6 Å². The van der Waals surface area contributed by atoms with Crippen molar-refractivity contribution in [3.8, 4) is 11.5 Å². The molecule has 168 valence electrons. The predicted molar refractivity (Wildman–Crippen MR) is 104 cm³/mol. The van der Waals surface area contributed by atoms with Gasteiger partial charge in [0, 0.05) is 36.6 Å². The van der Waals surface area contributed by atoms with Gasteiger partial charge in [-0.15, -0.1) is 0 Å². The van der Waals surface area contributed by atoms with Crippen molar-refractivity contribution in [1.82, 2.24) is 10.2 Å². The number of rotatable bonds is 7. The van der Waals surface area contributed by atoms with Crippen molar-refractivity contribution in [3.63, 3.8) is 0 Å². The highest BCUT2D eigenvalue weighted by Gasteiger charge is 2.67. The van der Waals surface area contributed by atoms with Gasteiger partial charge in [0.15, 0.2) is 6.10 Å². The van der Waals surface area contributed by atoms with Gasteiger partial charge in [-0.1, -0.05) is 0 Å². The molecule has 2 amide bonds. The number of carbonyl (C=O) groups is 2. The maximum Gasteiger partial charge on any atom is 0.408 e. The second-order valence-electron chi connectivity index (χ2n) is 8.40. The van der Waals surface area contributed by atoms with Crippen molar-refractivity contribution >= 4 is 12.0 Å². The Labute approximate surface area is 173 Å². The number of carboxylic acid groups (broad SMARTS) is 1. The molecule has 0 spiro atoms. The number of hydrogen-bond acceptors (Lipinski definition) is 5. The zero-order valence-electron chi connectivity index (χ0n) is 17.7. The number of aliphatic hydroxyl groups is 1. The molecular weight excluding hydrogens is 402 g/mol. The normalized spacial score (nSPS) is 18.0. The van der Waals surface area contributed by atoms with E-state index < -0.39 is 47.9 Å². The van der Waals surface area contributed by atoms with Crippen LogP contribution in [0.2, 0.25) is 0 Å². The average molecular weight is 430 g/mol. The van der Waals surface area contributed by atoms with Crippen LogP contribution in [-0.4, -0.2) is 64.4 Å². The lowest BCUT2D eigenvalue weighted by Gasteiger charge is -2.58. The van der Waals surface area contributed by atoms with Gasteiger partial charge in [-0.2, -0.15) is 0 Å². The van der Waals surface area contributed by atoms with E-state index in [0.717, 1.165) is 4.90 Å². The Morgan fingerprint density at radius 3 is 2.27 bits per heavy atom. The number of carbonyl (C=O) groups excluding carboxylic acids is 1. The molecular formula is C20H28F2N2O6. The van der Waals surface area contributed by atoms with Crippen LogP contribution >= 0.6 is 0 Å². The highest BCUT2D eigenvalue weighted by atomic mass is 19.3. The lowest BCUT2D eigenvalue weighted by molar-refractivity contribution is -0.216. The van der Waals surface area contributed by atoms with Crippen LogP contribution in [0, 0.1) is 0 Å². The molecule has 1 saturated carbocycles. The molecule has 1 aromatic carbocycles. The SMILES string of the molecule is COc1ccc(CNC(=O)[C@@H](O)C2(N(C(=O)O)C(C)(C)C)CC(F)(F)C2)c(OC)c1. The van der Waals surface area contributed by atoms with Crippen LogP contribution in [0.15, 0.2) is 18.2 Å². The number of benzene rings is 1. The van der Waals surface area contributed by atoms with Crippen molar-refractivity contribution in [2.45, 2.75) is 63.3 Å². The number of halogens is 2. The van der Waals surface area contributed by atoms with Crippen molar-refractivity contribution in [2.24, 2.45) is 0 Å². The summed E-state index contributed by atoms with van der Waals surface area (Å²) in [4.78, 5) is 25.3. The molecule has 1 aliphatic rings. The number of ether oxygens (including phenoxy) is 2. The molecule has 8 nitrogen and oxygen atoms in total. The van der Waals surface area contributed by atoms with Gasteiger partial charge in [-0.05, 0) is 32.9 Å². The van der Waals surface area contributed by atoms with Gasteiger partial charge in [0.25, 0.3) is 11.8 Å². The molecule has 3 N–H and O–H groups in total. The minimum absolute atomic E-state index is 0.0574. The third-order valence-corrected chi connectivity index (χ3v) is 5.14. The Morgan fingerprint density at radius 1 is 1.23 bits per heavy atom. The first-order valence-electron chi connectivity index (χ1n) is 9.35. The summed E-state index contributed by atoms with van der Waals surface area (Å²) in [6.07, 6.45) is -5.34. The number of hydrogen-bond donors (Lipinski definition) is 3. The second kappa shape index (κ2) is 8.25. The van der Waals surface area contributed by atoms with Crippen LogP contribution in [0.25, 0.3) is 0 Å². The molecule has 0 radical (unpaired) electrons. The summed E-state index contributed by atoms with van der Waals surface area (Å²) in [5.41, 5.74) is -2.47. The maximum absolute atomic E-state index is 13.8. The zero-order valence-corrected chi connectivity index (χ0v) is 17.7. The molecule has 0 unspecified atom stereocenters. The monoisotopic (exact) mass is 430 g/mol. The van der Waals surface area contributed by atoms with Gasteiger partial charge >= 0.3 is 6.09 Å². The summed E-state index contributed by atoms with van der Waals surface area (Å²) in [6, 6.07) is 4.91. The van der Waals surface area contributed by atoms with Crippen LogP contribution in [-0.2, 0) is 11.3 Å². The molecule has 0 aliphatic heterocycles. The van der Waals surface area contributed by atoms with E-state index in [-0.39, 0.29) is 6.54 Å². The number of methoxy groups -OCH3 is 2. The van der Waals surface area contributed by atoms with Crippen LogP contribution in [0.4, 0.5) is 13.6 Å². The number of amides is 2. The highest BCUT2D eigenvalue weighted by molar-refractivity contribution is 5.83. The summed E-state index contributed by atoms with van der Waals surface area (Å²) in [7, 11) is 2.93. The Morgan fingerprint density at radius 2 is 1.83 bits per heavy atom. The van der Waals surface area contributed by atoms with E-state index in [1.165, 1.54) is 35.0 Å². The fourth-order valence-corrected chi connectivity index (χ4v) is 3.98. The Bertz CT molecular complexity index is 801. The van der Waals surface area contributed by atoms with E-state index in [1.54, 1.807) is 18.2 Å². The molecule has 1 aliphatic carbocycles. The summed E-state index contributed by atoms with van der Waals surface area (Å²) < 4.78 is 37.9. The van der Waals surface area contributed by atoms with Crippen molar-refractivity contribution in [1.29, 1.82) is 0 Å². The molecule has 1 atom stereocenters. The number of alkyl halides is 2. The summed E-state index contributed by atoms with van der Waals surface area (Å²) in [5.74, 6) is -3.14. The molecule has 2 rings (SSSR count). The first-order valence-corrected chi connectivity index (χ1v) is 9.35. The topological polar surface area (TPSA) is 108 Å². The van der Waals surface area contributed by atoms with Crippen LogP contribution in [0.5, 0.6) is 11.5 Å². The molecule has 30 heavy (non-hydrogen) atoms. The number of aliphatic hydroxyl groups excluding tert-OH is 1. The third-order valence-electron chi connectivity index (χ3n) is 5.14. The highest BCUT2D eigenvalue weighted by Crippen LogP contribution is 2.53. The van der Waals surface area contributed by atoms with E-state index >= 15 is 0 Å². The van der Waals surface area contributed by atoms with Crippen molar-refractivity contribution in [2.75, 3.05) is 14.2 Å². The van der Waals surface area contributed by atoms with Gasteiger partial charge in [0.1, 0.15) is 11.5 Å². The quantitative estimate of drug-likeness (QED) is 0.614. The van der Waals surface area contributed by atoms with E-state index in [1.807, 2.05) is 0 Å². The zero-order chi connectivity index (χ0) is 22.9. The molecule has 0 saturated heterocycles. The molecule has 1 fully saturated rings. The fraction of sp³-hybridized carbons (Fsp3) is 0.600. The Hall–Kier alpha value is -2.62. The summed E-state index contributed by atoms with van der Waals surface area (Å²) in [6.45, 7) is 4.50. The summed E-state index contributed by atoms with van der Waals surface area (Å²) >= 11 is 0. The Kier molecular flexibility index (Phi) is 6.51. The number of nitrogens with zero attached hydrogens (tertiary/aromatic N) is 1. The van der Waals surface area contributed by atoms with Crippen LogP contribution in [0.3, 0.4) is 0 Å². The third kappa shape index (κ3) is 4.58. The summed E-state index contributed by atoms with van der Waals surface area (Å²) in [5, 5.41) is 22.8. The number of nitrogens with one attached hydrogen (secondary N) is 1. The lowest BCUT2D eigenvalue weighted by Crippen LogP contribution is -2.75. The molecule has 0 heterocycles. The smallest absolute Gasteiger partial charge is 0.408 e. The van der Waals surface area contributed by atoms with Crippen LogP contribution < -0.4 is 14.8 Å². The van der Waals surface area contributed by atoms with Gasteiger partial charge < -0.3 is 25.0 Å². The van der Waals surface area contributed by atoms with E-state index in [2.05, 4.69) is 5.32 Å². The largest absolute Gasteiger partial charge is 0.497 e. The first kappa shape index (κ1) is 23.7. The van der Waals surface area contributed by atoms with Crippen molar-refractivity contribution < 1.29 is 38.1 Å². The Balaban J connectivity index is 2.24. The maximum atomic E-state index is 13.8. The molecule has 10 heteroatoms. The fourth-order valence-electron chi connectivity index (χ4n) is 3.98. The van der Waals surface area contributed by atoms with Gasteiger partial charge in [-0.25, -0.2) is 13.6 Å². The predicted octanol–water partition coefficient (Wildman–Crippen LogP) is 2.63. The van der Waals surface area contributed by atoms with Gasteiger partial charge in [0.05, 0.1) is 19.8 Å². The molecule has 1 aromatic rings. The van der Waals surface area contributed by atoms with Gasteiger partial charge in [0.2, 0.25) is 0 Å². The first-order chi connectivity index (χ1) is 13.8. The van der Waals surface area contributed by atoms with Crippen molar-refractivity contribution in [3.05, 3.63) is 23.8 Å².